The summed E-state index contributed by atoms with van der Waals surface area (Å²) < 4.78 is 13.5. The van der Waals surface area contributed by atoms with Gasteiger partial charge in [-0.05, 0) is 56.5 Å². The van der Waals surface area contributed by atoms with Crippen LogP contribution in [-0.4, -0.2) is 40.2 Å². The van der Waals surface area contributed by atoms with Crippen LogP contribution in [0.15, 0.2) is 30.9 Å². The molecule has 2 rings (SSSR count). The zero-order valence-electron chi connectivity index (χ0n) is 13.9. The molecule has 4 nitrogen and oxygen atoms in total. The van der Waals surface area contributed by atoms with Gasteiger partial charge < -0.3 is 9.80 Å². The van der Waals surface area contributed by atoms with Gasteiger partial charge in [-0.1, -0.05) is 12.6 Å². The van der Waals surface area contributed by atoms with E-state index < -0.39 is 6.04 Å². The van der Waals surface area contributed by atoms with Crippen LogP contribution >= 0.6 is 0 Å². The summed E-state index contributed by atoms with van der Waals surface area (Å²) in [6.45, 7) is 10.1. The van der Waals surface area contributed by atoms with Gasteiger partial charge in [0.1, 0.15) is 11.9 Å². The Labute approximate surface area is 136 Å². The van der Waals surface area contributed by atoms with Crippen LogP contribution in [0.1, 0.15) is 31.4 Å². The molecule has 124 valence electrons. The second kappa shape index (κ2) is 6.94. The molecule has 0 N–H and O–H groups in total. The van der Waals surface area contributed by atoms with Crippen molar-refractivity contribution in [1.82, 2.24) is 9.80 Å². The first-order chi connectivity index (χ1) is 10.8. The van der Waals surface area contributed by atoms with Crippen molar-refractivity contribution in [2.45, 2.75) is 45.8 Å². The van der Waals surface area contributed by atoms with Crippen LogP contribution in [-0.2, 0) is 16.1 Å². The molecule has 1 fully saturated rings. The van der Waals surface area contributed by atoms with Crippen LogP contribution in [0.3, 0.4) is 0 Å². The second-order valence-electron chi connectivity index (χ2n) is 6.17. The predicted octanol–water partition coefficient (Wildman–Crippen LogP) is 2.66. The van der Waals surface area contributed by atoms with Crippen molar-refractivity contribution >= 4 is 11.8 Å². The van der Waals surface area contributed by atoms with Crippen LogP contribution in [0, 0.1) is 12.7 Å². The highest BCUT2D eigenvalue weighted by molar-refractivity contribution is 5.93. The van der Waals surface area contributed by atoms with Gasteiger partial charge in [0.25, 0.3) is 0 Å². The lowest BCUT2D eigenvalue weighted by Gasteiger charge is -2.28. The number of aryl methyl sites for hydroxylation is 1. The standard InChI is InChI=1S/C18H23FN2O2/c1-5-17(22)21(11-14-10-15(19)7-6-13(14)4)16-8-9-20(12(2)3)18(16)23/h5-7,10,12,16H,1,8-9,11H2,2-4H3. The molecule has 1 saturated heterocycles. The molecule has 0 aromatic heterocycles. The molecule has 1 aliphatic heterocycles. The predicted molar refractivity (Wildman–Crippen MR) is 87.1 cm³/mol. The maximum absolute atomic E-state index is 13.5. The summed E-state index contributed by atoms with van der Waals surface area (Å²) in [5.74, 6) is -0.708. The van der Waals surface area contributed by atoms with Gasteiger partial charge in [-0.25, -0.2) is 4.39 Å². The molecule has 0 saturated carbocycles. The van der Waals surface area contributed by atoms with E-state index in [2.05, 4.69) is 6.58 Å². The normalized spacial score (nSPS) is 17.7. The Morgan fingerprint density at radius 3 is 2.78 bits per heavy atom. The molecule has 0 spiro atoms. The van der Waals surface area contributed by atoms with Crippen molar-refractivity contribution in [3.63, 3.8) is 0 Å². The maximum Gasteiger partial charge on any atom is 0.246 e. The van der Waals surface area contributed by atoms with E-state index in [1.54, 1.807) is 11.0 Å². The number of likely N-dealkylation sites (tertiary alicyclic amines) is 1. The van der Waals surface area contributed by atoms with E-state index >= 15 is 0 Å². The van der Waals surface area contributed by atoms with Crippen LogP contribution < -0.4 is 0 Å². The fourth-order valence-electron chi connectivity index (χ4n) is 2.94. The van der Waals surface area contributed by atoms with Gasteiger partial charge in [0.2, 0.25) is 11.8 Å². The zero-order valence-corrected chi connectivity index (χ0v) is 13.9. The van der Waals surface area contributed by atoms with Crippen molar-refractivity contribution in [3.8, 4) is 0 Å². The highest BCUT2D eigenvalue weighted by Crippen LogP contribution is 2.23. The quantitative estimate of drug-likeness (QED) is 0.783. The highest BCUT2D eigenvalue weighted by Gasteiger charge is 2.38. The monoisotopic (exact) mass is 318 g/mol. The molecule has 23 heavy (non-hydrogen) atoms. The molecule has 0 aliphatic carbocycles. The summed E-state index contributed by atoms with van der Waals surface area (Å²) in [7, 11) is 0. The summed E-state index contributed by atoms with van der Waals surface area (Å²) in [6, 6.07) is 4.07. The van der Waals surface area contributed by atoms with E-state index in [1.807, 2.05) is 20.8 Å². The maximum atomic E-state index is 13.5. The average Bonchev–Trinajstić information content (AvgIpc) is 2.89. The lowest BCUT2D eigenvalue weighted by atomic mass is 10.1. The van der Waals surface area contributed by atoms with Gasteiger partial charge in [-0.2, -0.15) is 0 Å². The lowest BCUT2D eigenvalue weighted by molar-refractivity contribution is -0.140. The minimum atomic E-state index is -0.509. The Morgan fingerprint density at radius 2 is 2.22 bits per heavy atom. The first-order valence-corrected chi connectivity index (χ1v) is 7.83. The van der Waals surface area contributed by atoms with Crippen molar-refractivity contribution in [1.29, 1.82) is 0 Å². The van der Waals surface area contributed by atoms with Crippen LogP contribution in [0.4, 0.5) is 4.39 Å². The summed E-state index contributed by atoms with van der Waals surface area (Å²) in [5, 5.41) is 0. The van der Waals surface area contributed by atoms with E-state index in [0.29, 0.717) is 18.5 Å². The van der Waals surface area contributed by atoms with Gasteiger partial charge in [-0.15, -0.1) is 0 Å². The Hall–Kier alpha value is -2.17. The molecule has 0 radical (unpaired) electrons. The van der Waals surface area contributed by atoms with Gasteiger partial charge in [-0.3, -0.25) is 9.59 Å². The highest BCUT2D eigenvalue weighted by atomic mass is 19.1. The third kappa shape index (κ3) is 3.60. The molecule has 1 heterocycles. The third-order valence-corrected chi connectivity index (χ3v) is 4.32. The van der Waals surface area contributed by atoms with Crippen molar-refractivity contribution in [2.24, 2.45) is 0 Å². The third-order valence-electron chi connectivity index (χ3n) is 4.32. The van der Waals surface area contributed by atoms with Crippen molar-refractivity contribution in [3.05, 3.63) is 47.8 Å². The number of nitrogens with zero attached hydrogens (tertiary/aromatic N) is 2. The fourth-order valence-corrected chi connectivity index (χ4v) is 2.94. The van der Waals surface area contributed by atoms with Gasteiger partial charge >= 0.3 is 0 Å². The molecule has 1 aliphatic rings. The lowest BCUT2D eigenvalue weighted by Crippen LogP contribution is -2.45. The average molecular weight is 318 g/mol. The minimum Gasteiger partial charge on any atom is -0.338 e. The molecule has 1 atom stereocenters. The first kappa shape index (κ1) is 17.2. The molecule has 1 aromatic carbocycles. The molecule has 2 amide bonds. The van der Waals surface area contributed by atoms with E-state index in [4.69, 9.17) is 0 Å². The Balaban J connectivity index is 2.28. The van der Waals surface area contributed by atoms with Gasteiger partial charge in [0.05, 0.1) is 0 Å². The van der Waals surface area contributed by atoms with Crippen molar-refractivity contribution < 1.29 is 14.0 Å². The number of hydrogen-bond donors (Lipinski definition) is 0. The topological polar surface area (TPSA) is 40.6 Å². The Morgan fingerprint density at radius 1 is 1.52 bits per heavy atom. The molecule has 1 unspecified atom stereocenters. The Bertz CT molecular complexity index is 627. The van der Waals surface area contributed by atoms with Crippen LogP contribution in [0.5, 0.6) is 0 Å². The fraction of sp³-hybridized carbons (Fsp3) is 0.444. The number of amides is 2. The largest absolute Gasteiger partial charge is 0.338 e. The second-order valence-corrected chi connectivity index (χ2v) is 6.17. The van der Waals surface area contributed by atoms with Gasteiger partial charge in [0.15, 0.2) is 0 Å². The Kier molecular flexibility index (Phi) is 5.19. The van der Waals surface area contributed by atoms with Gasteiger partial charge in [0, 0.05) is 19.1 Å². The summed E-state index contributed by atoms with van der Waals surface area (Å²) >= 11 is 0. The number of benzene rings is 1. The first-order valence-electron chi connectivity index (χ1n) is 7.83. The number of carbonyl (C=O) groups is 2. The number of rotatable bonds is 5. The molecule has 1 aromatic rings. The number of hydrogen-bond acceptors (Lipinski definition) is 2. The van der Waals surface area contributed by atoms with Crippen molar-refractivity contribution in [2.75, 3.05) is 6.54 Å². The molecule has 5 heteroatoms. The summed E-state index contributed by atoms with van der Waals surface area (Å²) in [6.07, 6.45) is 1.80. The smallest absolute Gasteiger partial charge is 0.246 e. The summed E-state index contributed by atoms with van der Waals surface area (Å²) in [5.41, 5.74) is 1.59. The molecular formula is C18H23FN2O2. The van der Waals surface area contributed by atoms with Crippen LogP contribution in [0.2, 0.25) is 0 Å². The SMILES string of the molecule is C=CC(=O)N(Cc1cc(F)ccc1C)C1CCN(C(C)C)C1=O. The van der Waals surface area contributed by atoms with E-state index in [9.17, 15) is 14.0 Å². The van der Waals surface area contributed by atoms with E-state index in [1.165, 1.54) is 23.1 Å². The minimum absolute atomic E-state index is 0.0516. The summed E-state index contributed by atoms with van der Waals surface area (Å²) in [4.78, 5) is 28.1. The van der Waals surface area contributed by atoms with E-state index in [-0.39, 0.29) is 30.2 Å². The number of halogens is 1. The zero-order chi connectivity index (χ0) is 17.1. The molecule has 0 bridgehead atoms. The number of carbonyl (C=O) groups excluding carboxylic acids is 2. The van der Waals surface area contributed by atoms with Crippen LogP contribution in [0.25, 0.3) is 0 Å². The molecular weight excluding hydrogens is 295 g/mol. The van der Waals surface area contributed by atoms with E-state index in [0.717, 1.165) is 5.56 Å².